The van der Waals surface area contributed by atoms with Crippen LogP contribution in [0.3, 0.4) is 0 Å². The van der Waals surface area contributed by atoms with Gasteiger partial charge in [0.2, 0.25) is 5.91 Å². The number of nitrogens with zero attached hydrogens (tertiary/aromatic N) is 1. The van der Waals surface area contributed by atoms with Gasteiger partial charge in [-0.1, -0.05) is 6.92 Å². The Morgan fingerprint density at radius 3 is 2.79 bits per heavy atom. The van der Waals surface area contributed by atoms with Crippen LogP contribution in [-0.2, 0) is 4.79 Å². The van der Waals surface area contributed by atoms with Gasteiger partial charge in [0, 0.05) is 24.5 Å². The van der Waals surface area contributed by atoms with Gasteiger partial charge in [-0.25, -0.2) is 0 Å². The largest absolute Gasteiger partial charge is 0.338 e. The quantitative estimate of drug-likeness (QED) is 0.714. The van der Waals surface area contributed by atoms with Gasteiger partial charge in [-0.05, 0) is 32.7 Å². The van der Waals surface area contributed by atoms with Crippen LogP contribution in [0.15, 0.2) is 0 Å². The standard InChI is InChI=1S/C11H20N2O/c1-8-6-9(2)13(11(8)14)7-10-4-3-5-12-10/h8-10,12H,3-7H2,1-2H3/t8?,9?,10-/m1/s1. The minimum absolute atomic E-state index is 0.242. The molecule has 0 aromatic carbocycles. The van der Waals surface area contributed by atoms with Crippen molar-refractivity contribution in [1.29, 1.82) is 0 Å². The molecular weight excluding hydrogens is 176 g/mol. The fourth-order valence-electron chi connectivity index (χ4n) is 2.66. The second kappa shape index (κ2) is 3.89. The molecule has 0 aromatic heterocycles. The van der Waals surface area contributed by atoms with E-state index in [2.05, 4.69) is 17.1 Å². The lowest BCUT2D eigenvalue weighted by molar-refractivity contribution is -0.131. The molecule has 0 aromatic rings. The third-order valence-corrected chi connectivity index (χ3v) is 3.51. The highest BCUT2D eigenvalue weighted by Gasteiger charge is 2.35. The summed E-state index contributed by atoms with van der Waals surface area (Å²) >= 11 is 0. The number of likely N-dealkylation sites (tertiary alicyclic amines) is 1. The van der Waals surface area contributed by atoms with Crippen molar-refractivity contribution in [1.82, 2.24) is 10.2 Å². The summed E-state index contributed by atoms with van der Waals surface area (Å²) in [6.07, 6.45) is 3.52. The van der Waals surface area contributed by atoms with Crippen molar-refractivity contribution in [3.05, 3.63) is 0 Å². The van der Waals surface area contributed by atoms with E-state index >= 15 is 0 Å². The SMILES string of the molecule is CC1CC(C)N(C[C@H]2CCCN2)C1=O. The summed E-state index contributed by atoms with van der Waals surface area (Å²) in [6, 6.07) is 0.992. The van der Waals surface area contributed by atoms with E-state index in [1.165, 1.54) is 12.8 Å². The highest BCUT2D eigenvalue weighted by molar-refractivity contribution is 5.81. The average molecular weight is 196 g/mol. The Hall–Kier alpha value is -0.570. The molecule has 0 radical (unpaired) electrons. The van der Waals surface area contributed by atoms with Gasteiger partial charge in [-0.3, -0.25) is 4.79 Å². The molecule has 2 fully saturated rings. The second-order valence-corrected chi connectivity index (χ2v) is 4.77. The van der Waals surface area contributed by atoms with Crippen molar-refractivity contribution in [2.45, 2.75) is 45.2 Å². The maximum absolute atomic E-state index is 11.8. The first-order valence-corrected chi connectivity index (χ1v) is 5.72. The molecule has 3 nitrogen and oxygen atoms in total. The number of hydrogen-bond donors (Lipinski definition) is 1. The molecular formula is C11H20N2O. The zero-order chi connectivity index (χ0) is 10.1. The number of amides is 1. The second-order valence-electron chi connectivity index (χ2n) is 4.77. The molecule has 80 valence electrons. The van der Waals surface area contributed by atoms with E-state index in [1.807, 2.05) is 6.92 Å². The molecule has 2 saturated heterocycles. The Kier molecular flexibility index (Phi) is 2.77. The summed E-state index contributed by atoms with van der Waals surface area (Å²) in [5, 5.41) is 3.45. The van der Waals surface area contributed by atoms with Crippen LogP contribution in [0.5, 0.6) is 0 Å². The highest BCUT2D eigenvalue weighted by Crippen LogP contribution is 2.24. The van der Waals surface area contributed by atoms with Gasteiger partial charge in [-0.15, -0.1) is 0 Å². The van der Waals surface area contributed by atoms with Crippen molar-refractivity contribution in [2.75, 3.05) is 13.1 Å². The Morgan fingerprint density at radius 2 is 2.29 bits per heavy atom. The van der Waals surface area contributed by atoms with E-state index < -0.39 is 0 Å². The molecule has 3 atom stereocenters. The van der Waals surface area contributed by atoms with Crippen molar-refractivity contribution in [2.24, 2.45) is 5.92 Å². The molecule has 0 saturated carbocycles. The molecule has 2 rings (SSSR count). The fraction of sp³-hybridized carbons (Fsp3) is 0.909. The molecule has 0 bridgehead atoms. The highest BCUT2D eigenvalue weighted by atomic mass is 16.2. The van der Waals surface area contributed by atoms with E-state index in [4.69, 9.17) is 0 Å². The molecule has 1 N–H and O–H groups in total. The van der Waals surface area contributed by atoms with Crippen LogP contribution in [-0.4, -0.2) is 36.0 Å². The predicted molar refractivity (Wildman–Crippen MR) is 56.0 cm³/mol. The van der Waals surface area contributed by atoms with E-state index in [0.717, 1.165) is 19.5 Å². The molecule has 2 heterocycles. The Bertz CT molecular complexity index is 223. The van der Waals surface area contributed by atoms with Gasteiger partial charge in [0.15, 0.2) is 0 Å². The van der Waals surface area contributed by atoms with Crippen LogP contribution in [0.1, 0.15) is 33.1 Å². The maximum atomic E-state index is 11.8. The average Bonchev–Trinajstić information content (AvgIpc) is 2.71. The summed E-state index contributed by atoms with van der Waals surface area (Å²) in [6.45, 7) is 6.25. The van der Waals surface area contributed by atoms with Crippen LogP contribution in [0, 0.1) is 5.92 Å². The van der Waals surface area contributed by atoms with Gasteiger partial charge in [0.1, 0.15) is 0 Å². The van der Waals surface area contributed by atoms with Crippen LogP contribution in [0.4, 0.5) is 0 Å². The summed E-state index contributed by atoms with van der Waals surface area (Å²) < 4.78 is 0. The van der Waals surface area contributed by atoms with Crippen molar-refractivity contribution < 1.29 is 4.79 Å². The van der Waals surface area contributed by atoms with Crippen molar-refractivity contribution in [3.63, 3.8) is 0 Å². The number of nitrogens with one attached hydrogen (secondary N) is 1. The lowest BCUT2D eigenvalue weighted by Crippen LogP contribution is -2.41. The molecule has 3 heteroatoms. The van der Waals surface area contributed by atoms with Gasteiger partial charge in [-0.2, -0.15) is 0 Å². The van der Waals surface area contributed by atoms with E-state index in [0.29, 0.717) is 18.0 Å². The molecule has 2 aliphatic rings. The number of rotatable bonds is 2. The lowest BCUT2D eigenvalue weighted by Gasteiger charge is -2.25. The van der Waals surface area contributed by atoms with E-state index in [9.17, 15) is 4.79 Å². The van der Waals surface area contributed by atoms with Gasteiger partial charge >= 0.3 is 0 Å². The fourth-order valence-corrected chi connectivity index (χ4v) is 2.66. The van der Waals surface area contributed by atoms with Crippen LogP contribution < -0.4 is 5.32 Å². The molecule has 14 heavy (non-hydrogen) atoms. The summed E-state index contributed by atoms with van der Waals surface area (Å²) in [5.74, 6) is 0.595. The van der Waals surface area contributed by atoms with E-state index in [-0.39, 0.29) is 5.92 Å². The Morgan fingerprint density at radius 1 is 1.50 bits per heavy atom. The topological polar surface area (TPSA) is 32.3 Å². The first-order valence-electron chi connectivity index (χ1n) is 5.72. The smallest absolute Gasteiger partial charge is 0.225 e. The third kappa shape index (κ3) is 1.78. The third-order valence-electron chi connectivity index (χ3n) is 3.51. The first kappa shape index (κ1) is 9.97. The molecule has 2 aliphatic heterocycles. The Labute approximate surface area is 85.8 Å². The first-order chi connectivity index (χ1) is 6.68. The van der Waals surface area contributed by atoms with Crippen molar-refractivity contribution >= 4 is 5.91 Å². The summed E-state index contributed by atoms with van der Waals surface area (Å²) in [7, 11) is 0. The van der Waals surface area contributed by atoms with Crippen LogP contribution >= 0.6 is 0 Å². The minimum Gasteiger partial charge on any atom is -0.338 e. The van der Waals surface area contributed by atoms with Gasteiger partial charge in [0.25, 0.3) is 0 Å². The summed E-state index contributed by atoms with van der Waals surface area (Å²) in [4.78, 5) is 13.9. The van der Waals surface area contributed by atoms with Gasteiger partial charge < -0.3 is 10.2 Å². The monoisotopic (exact) mass is 196 g/mol. The van der Waals surface area contributed by atoms with Crippen LogP contribution in [0.2, 0.25) is 0 Å². The maximum Gasteiger partial charge on any atom is 0.225 e. The van der Waals surface area contributed by atoms with Crippen LogP contribution in [0.25, 0.3) is 0 Å². The Balaban J connectivity index is 1.92. The van der Waals surface area contributed by atoms with E-state index in [1.54, 1.807) is 0 Å². The lowest BCUT2D eigenvalue weighted by atomic mass is 10.1. The number of hydrogen-bond acceptors (Lipinski definition) is 2. The normalized spacial score (nSPS) is 38.3. The summed E-state index contributed by atoms with van der Waals surface area (Å²) in [5.41, 5.74) is 0. The zero-order valence-electron chi connectivity index (χ0n) is 9.12. The van der Waals surface area contributed by atoms with Crippen molar-refractivity contribution in [3.8, 4) is 0 Å². The minimum atomic E-state index is 0.242. The predicted octanol–water partition coefficient (Wildman–Crippen LogP) is 0.995. The molecule has 0 aliphatic carbocycles. The number of carbonyl (C=O) groups excluding carboxylic acids is 1. The zero-order valence-corrected chi connectivity index (χ0v) is 9.12. The molecule has 1 amide bonds. The number of carbonyl (C=O) groups is 1. The van der Waals surface area contributed by atoms with Gasteiger partial charge in [0.05, 0.1) is 0 Å². The molecule has 2 unspecified atom stereocenters. The molecule has 0 spiro atoms.